The van der Waals surface area contributed by atoms with Crippen molar-refractivity contribution in [2.75, 3.05) is 20.1 Å². The lowest BCUT2D eigenvalue weighted by Crippen LogP contribution is -2.33. The number of thiazole rings is 1. The highest BCUT2D eigenvalue weighted by atomic mass is 32.1. The Morgan fingerprint density at radius 1 is 1.44 bits per heavy atom. The quantitative estimate of drug-likeness (QED) is 0.859. The summed E-state index contributed by atoms with van der Waals surface area (Å²) in [7, 11) is 1.97. The molecule has 18 heavy (non-hydrogen) atoms. The van der Waals surface area contributed by atoms with Gasteiger partial charge in [0.15, 0.2) is 0 Å². The van der Waals surface area contributed by atoms with Crippen molar-refractivity contribution >= 4 is 11.3 Å². The molecule has 1 aromatic rings. The molecule has 0 spiro atoms. The van der Waals surface area contributed by atoms with E-state index in [4.69, 9.17) is 0 Å². The first-order chi connectivity index (χ1) is 8.81. The zero-order valence-electron chi connectivity index (χ0n) is 11.6. The van der Waals surface area contributed by atoms with Crippen molar-refractivity contribution in [3.05, 3.63) is 16.1 Å². The minimum atomic E-state index is 0.892. The van der Waals surface area contributed by atoms with E-state index in [2.05, 4.69) is 27.5 Å². The topological polar surface area (TPSA) is 28.2 Å². The maximum absolute atomic E-state index is 4.66. The zero-order chi connectivity index (χ0) is 12.8. The van der Waals surface area contributed by atoms with Crippen LogP contribution in [0.5, 0.6) is 0 Å². The SMILES string of the molecule is CCCC1CCN(Cc2csc(CNC)n2)CC1. The van der Waals surface area contributed by atoms with Crippen LogP contribution in [-0.4, -0.2) is 30.0 Å². The van der Waals surface area contributed by atoms with Gasteiger partial charge in [-0.15, -0.1) is 11.3 Å². The van der Waals surface area contributed by atoms with E-state index >= 15 is 0 Å². The van der Waals surface area contributed by atoms with Crippen LogP contribution >= 0.6 is 11.3 Å². The van der Waals surface area contributed by atoms with E-state index < -0.39 is 0 Å². The van der Waals surface area contributed by atoms with Crippen LogP contribution in [0, 0.1) is 5.92 Å². The second-order valence-electron chi connectivity index (χ2n) is 5.27. The van der Waals surface area contributed by atoms with Crippen LogP contribution in [0.25, 0.3) is 0 Å². The number of likely N-dealkylation sites (tertiary alicyclic amines) is 1. The number of hydrogen-bond acceptors (Lipinski definition) is 4. The van der Waals surface area contributed by atoms with Gasteiger partial charge in [0.25, 0.3) is 0 Å². The summed E-state index contributed by atoms with van der Waals surface area (Å²) in [5.74, 6) is 0.974. The predicted molar refractivity (Wildman–Crippen MR) is 77.8 cm³/mol. The fraction of sp³-hybridized carbons (Fsp3) is 0.786. The van der Waals surface area contributed by atoms with E-state index in [0.29, 0.717) is 0 Å². The minimum absolute atomic E-state index is 0.892. The number of rotatable bonds is 6. The fourth-order valence-electron chi connectivity index (χ4n) is 2.72. The summed E-state index contributed by atoms with van der Waals surface area (Å²) in [4.78, 5) is 7.22. The largest absolute Gasteiger partial charge is 0.314 e. The fourth-order valence-corrected chi connectivity index (χ4v) is 3.52. The summed E-state index contributed by atoms with van der Waals surface area (Å²) >= 11 is 1.77. The molecule has 0 amide bonds. The average molecular weight is 267 g/mol. The van der Waals surface area contributed by atoms with Crippen molar-refractivity contribution in [3.63, 3.8) is 0 Å². The summed E-state index contributed by atoms with van der Waals surface area (Å²) in [5, 5.41) is 6.57. The van der Waals surface area contributed by atoms with Gasteiger partial charge in [-0.3, -0.25) is 4.90 Å². The maximum Gasteiger partial charge on any atom is 0.107 e. The van der Waals surface area contributed by atoms with Crippen LogP contribution in [0.4, 0.5) is 0 Å². The number of nitrogens with one attached hydrogen (secondary N) is 1. The van der Waals surface area contributed by atoms with Crippen LogP contribution < -0.4 is 5.32 Å². The van der Waals surface area contributed by atoms with Gasteiger partial charge in [-0.1, -0.05) is 19.8 Å². The summed E-state index contributed by atoms with van der Waals surface area (Å²) in [6.45, 7) is 6.74. The second kappa shape index (κ2) is 7.22. The molecule has 3 nitrogen and oxygen atoms in total. The molecule has 0 radical (unpaired) electrons. The van der Waals surface area contributed by atoms with Gasteiger partial charge in [0.1, 0.15) is 5.01 Å². The average Bonchev–Trinajstić information content (AvgIpc) is 2.80. The Morgan fingerprint density at radius 2 is 2.22 bits per heavy atom. The van der Waals surface area contributed by atoms with Gasteiger partial charge in [-0.05, 0) is 38.9 Å². The standard InChI is InChI=1S/C14H25N3S/c1-3-4-12-5-7-17(8-6-12)10-13-11-18-14(16-13)9-15-2/h11-12,15H,3-10H2,1-2H3. The lowest BCUT2D eigenvalue weighted by molar-refractivity contribution is 0.170. The molecule has 1 N–H and O–H groups in total. The highest BCUT2D eigenvalue weighted by molar-refractivity contribution is 7.09. The van der Waals surface area contributed by atoms with Crippen LogP contribution in [0.2, 0.25) is 0 Å². The monoisotopic (exact) mass is 267 g/mol. The Balaban J connectivity index is 1.76. The Labute approximate surface area is 115 Å². The molecular weight excluding hydrogens is 242 g/mol. The normalized spacial score (nSPS) is 18.3. The molecule has 1 aromatic heterocycles. The van der Waals surface area contributed by atoms with Gasteiger partial charge in [0, 0.05) is 18.5 Å². The van der Waals surface area contributed by atoms with Gasteiger partial charge in [-0.25, -0.2) is 4.98 Å². The summed E-state index contributed by atoms with van der Waals surface area (Å²) in [6, 6.07) is 0. The Bertz CT molecular complexity index is 343. The van der Waals surface area contributed by atoms with Gasteiger partial charge in [0.2, 0.25) is 0 Å². The molecule has 0 atom stereocenters. The predicted octanol–water partition coefficient (Wildman–Crippen LogP) is 2.87. The molecule has 1 aliphatic heterocycles. The smallest absolute Gasteiger partial charge is 0.107 e. The lowest BCUT2D eigenvalue weighted by Gasteiger charge is -2.31. The van der Waals surface area contributed by atoms with Crippen molar-refractivity contribution < 1.29 is 0 Å². The molecule has 102 valence electrons. The summed E-state index contributed by atoms with van der Waals surface area (Å²) < 4.78 is 0. The molecule has 0 aromatic carbocycles. The lowest BCUT2D eigenvalue weighted by atomic mass is 9.92. The van der Waals surface area contributed by atoms with Crippen molar-refractivity contribution in [1.29, 1.82) is 0 Å². The van der Waals surface area contributed by atoms with E-state index in [1.165, 1.54) is 49.5 Å². The Kier molecular flexibility index (Phi) is 5.60. The van der Waals surface area contributed by atoms with E-state index in [1.807, 2.05) is 7.05 Å². The van der Waals surface area contributed by atoms with Gasteiger partial charge < -0.3 is 5.32 Å². The number of hydrogen-bond donors (Lipinski definition) is 1. The number of nitrogens with zero attached hydrogens (tertiary/aromatic N) is 2. The third-order valence-electron chi connectivity index (χ3n) is 3.72. The van der Waals surface area contributed by atoms with Gasteiger partial charge >= 0.3 is 0 Å². The maximum atomic E-state index is 4.66. The summed E-state index contributed by atoms with van der Waals surface area (Å²) in [5.41, 5.74) is 1.25. The zero-order valence-corrected chi connectivity index (χ0v) is 12.4. The van der Waals surface area contributed by atoms with Crippen LogP contribution in [0.3, 0.4) is 0 Å². The summed E-state index contributed by atoms with van der Waals surface area (Å²) in [6.07, 6.45) is 5.50. The molecule has 1 saturated heterocycles. The molecular formula is C14H25N3S. The molecule has 2 heterocycles. The molecule has 1 aliphatic rings. The number of aromatic nitrogens is 1. The molecule has 1 fully saturated rings. The van der Waals surface area contributed by atoms with Crippen LogP contribution in [-0.2, 0) is 13.1 Å². The Morgan fingerprint density at radius 3 is 2.89 bits per heavy atom. The van der Waals surface area contributed by atoms with Crippen molar-refractivity contribution in [1.82, 2.24) is 15.2 Å². The number of piperidine rings is 1. The highest BCUT2D eigenvalue weighted by Gasteiger charge is 2.19. The van der Waals surface area contributed by atoms with Crippen molar-refractivity contribution in [2.24, 2.45) is 5.92 Å². The van der Waals surface area contributed by atoms with Crippen LogP contribution in [0.1, 0.15) is 43.3 Å². The molecule has 0 unspecified atom stereocenters. The third kappa shape index (κ3) is 4.04. The molecule has 2 rings (SSSR count). The second-order valence-corrected chi connectivity index (χ2v) is 6.21. The van der Waals surface area contributed by atoms with Gasteiger partial charge in [0.05, 0.1) is 5.69 Å². The van der Waals surface area contributed by atoms with E-state index in [0.717, 1.165) is 19.0 Å². The minimum Gasteiger partial charge on any atom is -0.314 e. The van der Waals surface area contributed by atoms with Crippen LogP contribution in [0.15, 0.2) is 5.38 Å². The first kappa shape index (κ1) is 14.0. The first-order valence-electron chi connectivity index (χ1n) is 7.12. The van der Waals surface area contributed by atoms with E-state index in [9.17, 15) is 0 Å². The first-order valence-corrected chi connectivity index (χ1v) is 8.00. The van der Waals surface area contributed by atoms with E-state index in [-0.39, 0.29) is 0 Å². The molecule has 0 saturated carbocycles. The Hall–Kier alpha value is -0.450. The van der Waals surface area contributed by atoms with Crippen molar-refractivity contribution in [3.8, 4) is 0 Å². The van der Waals surface area contributed by atoms with Crippen molar-refractivity contribution in [2.45, 2.75) is 45.7 Å². The van der Waals surface area contributed by atoms with E-state index in [1.54, 1.807) is 11.3 Å². The highest BCUT2D eigenvalue weighted by Crippen LogP contribution is 2.23. The third-order valence-corrected chi connectivity index (χ3v) is 4.61. The molecule has 4 heteroatoms. The molecule has 0 aliphatic carbocycles. The van der Waals surface area contributed by atoms with Gasteiger partial charge in [-0.2, -0.15) is 0 Å². The molecule has 0 bridgehead atoms.